The van der Waals surface area contributed by atoms with Gasteiger partial charge in [-0.1, -0.05) is 23.2 Å². The van der Waals surface area contributed by atoms with Crippen molar-refractivity contribution >= 4 is 73.5 Å². The molecule has 8 nitrogen and oxygen atoms in total. The first-order valence-electron chi connectivity index (χ1n) is 11.8. The molecule has 1 aliphatic heterocycles. The molecule has 0 saturated carbocycles. The number of rotatable bonds is 7. The molecule has 2 aromatic heterocycles. The Morgan fingerprint density at radius 3 is 2.57 bits per heavy atom. The van der Waals surface area contributed by atoms with Crippen molar-refractivity contribution in [3.8, 4) is 5.75 Å². The molecule has 5 rings (SSSR count). The van der Waals surface area contributed by atoms with E-state index in [1.165, 1.54) is 24.8 Å². The molecule has 0 unspecified atom stereocenters. The largest absolute Gasteiger partial charge is 0.495 e. The monoisotopic (exact) mass is 556 g/mol. The van der Waals surface area contributed by atoms with E-state index in [2.05, 4.69) is 43.4 Å². The van der Waals surface area contributed by atoms with Gasteiger partial charge in [-0.25, -0.2) is 9.97 Å². The van der Waals surface area contributed by atoms with Gasteiger partial charge in [-0.3, -0.25) is 4.79 Å². The number of piperidine rings is 1. The minimum atomic E-state index is -0.374. The molecule has 0 radical (unpaired) electrons. The highest BCUT2D eigenvalue weighted by atomic mass is 35.5. The van der Waals surface area contributed by atoms with Gasteiger partial charge in [-0.2, -0.15) is 0 Å². The Hall–Kier alpha value is -3.11. The molecule has 4 aromatic rings. The van der Waals surface area contributed by atoms with Gasteiger partial charge in [0.15, 0.2) is 5.82 Å². The van der Waals surface area contributed by atoms with E-state index in [4.69, 9.17) is 27.9 Å². The first kappa shape index (κ1) is 25.5. The standard InChI is InChI=1S/C26H26Cl2N6O2S/c1-14-11-19(36-2)21(28)23(20(14)27)34-26(35)18-12-37-24-22(18)30-13-31-25(24)33-16-5-3-15(4-6-16)32-17-7-9-29-10-8-17/h3-6,11-13,17,29,32H,7-10H2,1-2H3,(H,34,35)(H,30,31,33). The van der Waals surface area contributed by atoms with Crippen molar-refractivity contribution in [2.75, 3.05) is 36.1 Å². The Balaban J connectivity index is 1.35. The van der Waals surface area contributed by atoms with Gasteiger partial charge in [-0.05, 0) is 68.8 Å². The molecule has 37 heavy (non-hydrogen) atoms. The van der Waals surface area contributed by atoms with Crippen LogP contribution in [0, 0.1) is 6.92 Å². The topological polar surface area (TPSA) is 100 Å². The van der Waals surface area contributed by atoms with Gasteiger partial charge in [0.25, 0.3) is 5.91 Å². The van der Waals surface area contributed by atoms with Crippen molar-refractivity contribution in [1.29, 1.82) is 0 Å². The van der Waals surface area contributed by atoms with Gasteiger partial charge in [0.05, 0.1) is 33.6 Å². The first-order chi connectivity index (χ1) is 17.9. The molecule has 1 fully saturated rings. The molecular weight excluding hydrogens is 531 g/mol. The molecule has 1 amide bonds. The van der Waals surface area contributed by atoms with E-state index in [0.29, 0.717) is 39.4 Å². The van der Waals surface area contributed by atoms with E-state index < -0.39 is 0 Å². The average Bonchev–Trinajstić information content (AvgIpc) is 3.36. The molecule has 0 aliphatic carbocycles. The zero-order valence-corrected chi connectivity index (χ0v) is 22.7. The number of benzene rings is 2. The van der Waals surface area contributed by atoms with Crippen LogP contribution in [0.3, 0.4) is 0 Å². The van der Waals surface area contributed by atoms with Crippen LogP contribution in [0.5, 0.6) is 5.75 Å². The number of aromatic nitrogens is 2. The van der Waals surface area contributed by atoms with E-state index in [1.54, 1.807) is 11.4 Å². The number of thiophene rings is 1. The van der Waals surface area contributed by atoms with Crippen molar-refractivity contribution in [3.63, 3.8) is 0 Å². The SMILES string of the molecule is COc1cc(C)c(Cl)c(NC(=O)c2csc3c(Nc4ccc(NC5CCNCC5)cc4)ncnc23)c1Cl. The predicted molar refractivity (Wildman–Crippen MR) is 152 cm³/mol. The number of halogens is 2. The highest BCUT2D eigenvalue weighted by Gasteiger charge is 2.21. The Bertz CT molecular complexity index is 1440. The summed E-state index contributed by atoms with van der Waals surface area (Å²) in [7, 11) is 1.51. The molecule has 1 saturated heterocycles. The van der Waals surface area contributed by atoms with Gasteiger partial charge in [0, 0.05) is 22.8 Å². The second-order valence-corrected chi connectivity index (χ2v) is 10.4. The number of anilines is 4. The van der Waals surface area contributed by atoms with E-state index >= 15 is 0 Å². The molecule has 1 aliphatic rings. The number of carbonyl (C=O) groups excluding carboxylic acids is 1. The maximum absolute atomic E-state index is 13.2. The summed E-state index contributed by atoms with van der Waals surface area (Å²) < 4.78 is 6.07. The summed E-state index contributed by atoms with van der Waals surface area (Å²) in [6.07, 6.45) is 3.67. The minimum absolute atomic E-state index is 0.237. The Labute approximate surface area is 228 Å². The number of ether oxygens (including phenoxy) is 1. The third-order valence-electron chi connectivity index (χ3n) is 6.26. The van der Waals surface area contributed by atoms with Crippen LogP contribution in [0.1, 0.15) is 28.8 Å². The molecule has 4 N–H and O–H groups in total. The lowest BCUT2D eigenvalue weighted by atomic mass is 10.1. The average molecular weight is 558 g/mol. The van der Waals surface area contributed by atoms with Crippen molar-refractivity contribution in [1.82, 2.24) is 15.3 Å². The molecular formula is C26H26Cl2N6O2S. The zero-order chi connectivity index (χ0) is 25.9. The molecule has 11 heteroatoms. The summed E-state index contributed by atoms with van der Waals surface area (Å²) in [5, 5.41) is 15.5. The molecule has 192 valence electrons. The predicted octanol–water partition coefficient (Wildman–Crippen LogP) is 6.47. The number of methoxy groups -OCH3 is 1. The Kier molecular flexibility index (Phi) is 7.66. The van der Waals surface area contributed by atoms with E-state index in [0.717, 1.165) is 47.6 Å². The number of hydrogen-bond acceptors (Lipinski definition) is 8. The fraction of sp³-hybridized carbons (Fsp3) is 0.269. The lowest BCUT2D eigenvalue weighted by molar-refractivity contribution is 0.102. The Morgan fingerprint density at radius 2 is 1.84 bits per heavy atom. The molecule has 0 bridgehead atoms. The van der Waals surface area contributed by atoms with Gasteiger partial charge in [-0.15, -0.1) is 11.3 Å². The Morgan fingerprint density at radius 1 is 1.11 bits per heavy atom. The summed E-state index contributed by atoms with van der Waals surface area (Å²) >= 11 is 14.3. The minimum Gasteiger partial charge on any atom is -0.495 e. The van der Waals surface area contributed by atoms with Crippen LogP contribution in [0.15, 0.2) is 42.0 Å². The quantitative estimate of drug-likeness (QED) is 0.207. The maximum Gasteiger partial charge on any atom is 0.258 e. The van der Waals surface area contributed by atoms with E-state index in [-0.39, 0.29) is 10.9 Å². The summed E-state index contributed by atoms with van der Waals surface area (Å²) in [4.78, 5) is 22.0. The molecule has 0 atom stereocenters. The second kappa shape index (κ2) is 11.1. The lowest BCUT2D eigenvalue weighted by Crippen LogP contribution is -2.35. The highest BCUT2D eigenvalue weighted by molar-refractivity contribution is 7.18. The lowest BCUT2D eigenvalue weighted by Gasteiger charge is -2.24. The number of nitrogens with one attached hydrogen (secondary N) is 4. The van der Waals surface area contributed by atoms with Crippen LogP contribution in [-0.4, -0.2) is 42.1 Å². The number of hydrogen-bond donors (Lipinski definition) is 4. The van der Waals surface area contributed by atoms with Crippen molar-refractivity contribution in [2.45, 2.75) is 25.8 Å². The highest BCUT2D eigenvalue weighted by Crippen LogP contribution is 2.41. The number of nitrogens with zero attached hydrogens (tertiary/aromatic N) is 2. The van der Waals surface area contributed by atoms with Gasteiger partial charge in [0.1, 0.15) is 17.1 Å². The zero-order valence-electron chi connectivity index (χ0n) is 20.3. The number of aryl methyl sites for hydroxylation is 1. The maximum atomic E-state index is 13.2. The third-order valence-corrected chi connectivity index (χ3v) is 8.10. The fourth-order valence-corrected chi connectivity index (χ4v) is 5.73. The van der Waals surface area contributed by atoms with Crippen LogP contribution < -0.4 is 26.0 Å². The molecule has 2 aromatic carbocycles. The normalized spacial score (nSPS) is 13.9. The number of fused-ring (bicyclic) bond motifs is 1. The van der Waals surface area contributed by atoms with Crippen molar-refractivity contribution in [3.05, 3.63) is 63.2 Å². The number of amides is 1. The van der Waals surface area contributed by atoms with Crippen LogP contribution in [0.2, 0.25) is 10.0 Å². The second-order valence-electron chi connectivity index (χ2n) is 8.77. The summed E-state index contributed by atoms with van der Waals surface area (Å²) in [6.45, 7) is 3.90. The first-order valence-corrected chi connectivity index (χ1v) is 13.5. The molecule has 0 spiro atoms. The van der Waals surface area contributed by atoms with Crippen molar-refractivity contribution < 1.29 is 9.53 Å². The van der Waals surface area contributed by atoms with E-state index in [1.807, 2.05) is 19.1 Å². The van der Waals surface area contributed by atoms with Gasteiger partial charge >= 0.3 is 0 Å². The fourth-order valence-electron chi connectivity index (χ4n) is 4.27. The summed E-state index contributed by atoms with van der Waals surface area (Å²) in [5.74, 6) is 0.682. The van der Waals surface area contributed by atoms with Crippen LogP contribution in [0.25, 0.3) is 10.2 Å². The van der Waals surface area contributed by atoms with Crippen LogP contribution in [-0.2, 0) is 0 Å². The van der Waals surface area contributed by atoms with Crippen LogP contribution in [0.4, 0.5) is 22.9 Å². The summed E-state index contributed by atoms with van der Waals surface area (Å²) in [5.41, 5.74) is 3.95. The smallest absolute Gasteiger partial charge is 0.258 e. The molecule has 3 heterocycles. The number of carbonyl (C=O) groups is 1. The van der Waals surface area contributed by atoms with Gasteiger partial charge in [0.2, 0.25) is 0 Å². The third kappa shape index (κ3) is 5.45. The van der Waals surface area contributed by atoms with Crippen LogP contribution >= 0.6 is 34.5 Å². The van der Waals surface area contributed by atoms with Crippen molar-refractivity contribution in [2.24, 2.45) is 0 Å². The van der Waals surface area contributed by atoms with E-state index in [9.17, 15) is 4.79 Å². The summed E-state index contributed by atoms with van der Waals surface area (Å²) in [6, 6.07) is 10.3. The van der Waals surface area contributed by atoms with Gasteiger partial charge < -0.3 is 26.0 Å².